The molecule has 7 nitrogen and oxygen atoms in total. The Bertz CT molecular complexity index is 1410. The molecule has 1 aromatic heterocycles. The van der Waals surface area contributed by atoms with E-state index in [4.69, 9.17) is 0 Å². The van der Waals surface area contributed by atoms with Crippen LogP contribution < -0.4 is 16.0 Å². The molecule has 1 heterocycles. The van der Waals surface area contributed by atoms with E-state index in [1.807, 2.05) is 32.1 Å². The van der Waals surface area contributed by atoms with Gasteiger partial charge in [-0.1, -0.05) is 64.0 Å². The molecule has 0 saturated heterocycles. The van der Waals surface area contributed by atoms with Crippen LogP contribution in [0.4, 0.5) is 5.69 Å². The van der Waals surface area contributed by atoms with Crippen LogP contribution in [-0.2, 0) is 0 Å². The topological polar surface area (TPSA) is 100 Å². The lowest BCUT2D eigenvalue weighted by Gasteiger charge is -2.12. The highest BCUT2D eigenvalue weighted by Gasteiger charge is 2.18. The summed E-state index contributed by atoms with van der Waals surface area (Å²) >= 11 is 0. The number of aromatic nitrogens is 1. The van der Waals surface area contributed by atoms with Crippen molar-refractivity contribution >= 4 is 23.4 Å². The zero-order valence-corrected chi connectivity index (χ0v) is 24.2. The third kappa shape index (κ3) is 11.4. The fraction of sp³-hybridized carbons (Fsp3) is 0.235. The lowest BCUT2D eigenvalue weighted by molar-refractivity contribution is 0.0965. The molecule has 7 heteroatoms. The van der Waals surface area contributed by atoms with Crippen molar-refractivity contribution in [1.82, 2.24) is 15.6 Å². The van der Waals surface area contributed by atoms with Crippen molar-refractivity contribution in [1.29, 1.82) is 0 Å². The predicted octanol–water partition coefficient (Wildman–Crippen LogP) is 6.73. The van der Waals surface area contributed by atoms with Crippen LogP contribution in [-0.4, -0.2) is 22.7 Å². The molecule has 2 rings (SSSR count). The van der Waals surface area contributed by atoms with Gasteiger partial charge in [-0.2, -0.15) is 0 Å². The van der Waals surface area contributed by atoms with Gasteiger partial charge in [0.15, 0.2) is 0 Å². The highest BCUT2D eigenvalue weighted by molar-refractivity contribution is 6.09. The SMILES string of the molecule is C=C/C(=C\C=C/C(C)CC)NC(=O)c1cc(C(=O)N/C(=C/C=C\C)CC#CCC)cc(C(=O)Nc2cccnc2)c1. The second-order valence-electron chi connectivity index (χ2n) is 9.10. The minimum absolute atomic E-state index is 0.136. The molecule has 41 heavy (non-hydrogen) atoms. The summed E-state index contributed by atoms with van der Waals surface area (Å²) in [6.45, 7) is 11.8. The second kappa shape index (κ2) is 17.6. The summed E-state index contributed by atoms with van der Waals surface area (Å²) in [4.78, 5) is 43.8. The number of anilines is 1. The van der Waals surface area contributed by atoms with Crippen LogP contribution >= 0.6 is 0 Å². The van der Waals surface area contributed by atoms with Crippen molar-refractivity contribution in [3.8, 4) is 11.8 Å². The third-order valence-electron chi connectivity index (χ3n) is 5.82. The standard InChI is InChI=1S/C34H38N4O3/c1-6-10-12-17-30(16-11-7-2)37-33(40)27-21-26(32(39)36-29(9-4)18-13-15-25(5)8-3)22-28(23-27)34(41)38-31-19-14-20-35-24-31/h7,9,11,13-16,18-25H,4,6,8,17H2,1-3,5H3,(H,36,39)(H,37,40)(H,38,41)/b11-7-,15-13-,29-18+,30-16+. The average molecular weight is 551 g/mol. The van der Waals surface area contributed by atoms with Crippen LogP contribution in [0.15, 0.2) is 103 Å². The molecular formula is C34H38N4O3. The fourth-order valence-electron chi connectivity index (χ4n) is 3.37. The highest BCUT2D eigenvalue weighted by Crippen LogP contribution is 2.15. The number of hydrogen-bond acceptors (Lipinski definition) is 4. The van der Waals surface area contributed by atoms with Crippen molar-refractivity contribution in [3.05, 3.63) is 120 Å². The Hall–Kier alpha value is -4.96. The zero-order valence-electron chi connectivity index (χ0n) is 24.2. The van der Waals surface area contributed by atoms with E-state index in [1.54, 1.807) is 36.6 Å². The van der Waals surface area contributed by atoms with Crippen LogP contribution in [0.1, 0.15) is 78.0 Å². The zero-order chi connectivity index (χ0) is 30.0. The van der Waals surface area contributed by atoms with E-state index in [9.17, 15) is 14.4 Å². The van der Waals surface area contributed by atoms with Gasteiger partial charge in [-0.25, -0.2) is 0 Å². The number of amides is 3. The van der Waals surface area contributed by atoms with E-state index in [-0.39, 0.29) is 16.7 Å². The fourth-order valence-corrected chi connectivity index (χ4v) is 3.37. The monoisotopic (exact) mass is 550 g/mol. The predicted molar refractivity (Wildman–Crippen MR) is 166 cm³/mol. The molecule has 1 atom stereocenters. The molecule has 0 aliphatic carbocycles. The van der Waals surface area contributed by atoms with E-state index in [0.717, 1.165) is 6.42 Å². The van der Waals surface area contributed by atoms with Crippen molar-refractivity contribution in [2.45, 2.75) is 47.0 Å². The van der Waals surface area contributed by atoms with E-state index < -0.39 is 17.7 Å². The Morgan fingerprint density at radius 2 is 1.66 bits per heavy atom. The Morgan fingerprint density at radius 1 is 0.976 bits per heavy atom. The number of benzene rings is 1. The number of hydrogen-bond donors (Lipinski definition) is 3. The maximum absolute atomic E-state index is 13.3. The molecule has 0 spiro atoms. The van der Waals surface area contributed by atoms with Gasteiger partial charge in [0.05, 0.1) is 11.9 Å². The molecule has 212 valence electrons. The quantitative estimate of drug-likeness (QED) is 0.202. The van der Waals surface area contributed by atoms with Crippen molar-refractivity contribution in [2.75, 3.05) is 5.32 Å². The van der Waals surface area contributed by atoms with Crippen LogP contribution in [0.2, 0.25) is 0 Å². The number of pyridine rings is 1. The summed E-state index contributed by atoms with van der Waals surface area (Å²) in [5.74, 6) is 4.95. The molecule has 1 unspecified atom stereocenters. The van der Waals surface area contributed by atoms with Crippen LogP contribution in [0, 0.1) is 17.8 Å². The van der Waals surface area contributed by atoms with E-state index in [1.165, 1.54) is 30.5 Å². The van der Waals surface area contributed by atoms with Gasteiger partial charge in [-0.15, -0.1) is 5.92 Å². The summed E-state index contributed by atoms with van der Waals surface area (Å²) in [6.07, 6.45) is 17.7. The number of carbonyl (C=O) groups excluding carboxylic acids is 3. The summed E-state index contributed by atoms with van der Waals surface area (Å²) in [6, 6.07) is 7.72. The molecule has 3 amide bonds. The normalized spacial score (nSPS) is 12.4. The van der Waals surface area contributed by atoms with Gasteiger partial charge in [0.2, 0.25) is 0 Å². The summed E-state index contributed by atoms with van der Waals surface area (Å²) in [5.41, 5.74) is 1.97. The first kappa shape index (κ1) is 32.3. The van der Waals surface area contributed by atoms with Gasteiger partial charge in [0.1, 0.15) is 0 Å². The van der Waals surface area contributed by atoms with Gasteiger partial charge in [-0.05, 0) is 61.4 Å². The van der Waals surface area contributed by atoms with E-state index >= 15 is 0 Å². The molecule has 0 aliphatic rings. The first-order valence-corrected chi connectivity index (χ1v) is 13.6. The van der Waals surface area contributed by atoms with Gasteiger partial charge in [0.25, 0.3) is 17.7 Å². The van der Waals surface area contributed by atoms with Crippen molar-refractivity contribution < 1.29 is 14.4 Å². The van der Waals surface area contributed by atoms with Crippen LogP contribution in [0.5, 0.6) is 0 Å². The molecule has 1 aromatic carbocycles. The van der Waals surface area contributed by atoms with Gasteiger partial charge < -0.3 is 16.0 Å². The lowest BCUT2D eigenvalue weighted by atomic mass is 10.0. The van der Waals surface area contributed by atoms with Gasteiger partial charge in [0, 0.05) is 47.1 Å². The Balaban J connectivity index is 2.45. The Kier molecular flexibility index (Phi) is 13.8. The molecular weight excluding hydrogens is 512 g/mol. The molecule has 0 fully saturated rings. The summed E-state index contributed by atoms with van der Waals surface area (Å²) < 4.78 is 0. The van der Waals surface area contributed by atoms with Crippen LogP contribution in [0.3, 0.4) is 0 Å². The minimum atomic E-state index is -0.490. The molecule has 0 bridgehead atoms. The molecule has 0 aliphatic heterocycles. The number of nitrogens with zero attached hydrogens (tertiary/aromatic N) is 1. The maximum atomic E-state index is 13.3. The number of allylic oxidation sites excluding steroid dienone is 8. The number of carbonyl (C=O) groups is 3. The first-order chi connectivity index (χ1) is 19.8. The highest BCUT2D eigenvalue weighted by atomic mass is 16.2. The molecule has 2 aromatic rings. The molecule has 0 saturated carbocycles. The van der Waals surface area contributed by atoms with Gasteiger partial charge in [-0.3, -0.25) is 19.4 Å². The Morgan fingerprint density at radius 3 is 2.24 bits per heavy atom. The summed E-state index contributed by atoms with van der Waals surface area (Å²) in [7, 11) is 0. The largest absolute Gasteiger partial charge is 0.325 e. The third-order valence-corrected chi connectivity index (χ3v) is 5.82. The number of nitrogens with one attached hydrogen (secondary N) is 3. The smallest absolute Gasteiger partial charge is 0.255 e. The van der Waals surface area contributed by atoms with E-state index in [0.29, 0.717) is 35.8 Å². The maximum Gasteiger partial charge on any atom is 0.255 e. The Labute approximate surface area is 243 Å². The minimum Gasteiger partial charge on any atom is -0.325 e. The molecule has 3 N–H and O–H groups in total. The number of rotatable bonds is 12. The van der Waals surface area contributed by atoms with Crippen molar-refractivity contribution in [3.63, 3.8) is 0 Å². The first-order valence-electron chi connectivity index (χ1n) is 13.6. The average Bonchev–Trinajstić information content (AvgIpc) is 2.99. The molecule has 0 radical (unpaired) electrons. The van der Waals surface area contributed by atoms with E-state index in [2.05, 4.69) is 53.2 Å². The summed E-state index contributed by atoms with van der Waals surface area (Å²) in [5, 5.41) is 8.41. The van der Waals surface area contributed by atoms with Crippen LogP contribution in [0.25, 0.3) is 0 Å². The second-order valence-corrected chi connectivity index (χ2v) is 9.10. The lowest BCUT2D eigenvalue weighted by Crippen LogP contribution is -2.26. The van der Waals surface area contributed by atoms with Crippen molar-refractivity contribution in [2.24, 2.45) is 5.92 Å². The van der Waals surface area contributed by atoms with Gasteiger partial charge >= 0.3 is 0 Å².